The highest BCUT2D eigenvalue weighted by molar-refractivity contribution is 5.89. The zero-order valence-electron chi connectivity index (χ0n) is 10.3. The first-order valence-corrected chi connectivity index (χ1v) is 6.13. The second kappa shape index (κ2) is 5.06. The molecule has 5 nitrogen and oxygen atoms in total. The molecule has 1 saturated heterocycles. The van der Waals surface area contributed by atoms with Crippen molar-refractivity contribution in [1.29, 1.82) is 0 Å². The molecule has 0 spiro atoms. The quantitative estimate of drug-likeness (QED) is 0.916. The predicted molar refractivity (Wildman–Crippen MR) is 71.2 cm³/mol. The minimum Gasteiger partial charge on any atom is -0.467 e. The van der Waals surface area contributed by atoms with Crippen molar-refractivity contribution < 1.29 is 13.9 Å². The summed E-state index contributed by atoms with van der Waals surface area (Å²) in [6.07, 6.45) is 1.36. The Balaban J connectivity index is 1.71. The van der Waals surface area contributed by atoms with E-state index in [9.17, 15) is 4.79 Å². The van der Waals surface area contributed by atoms with Crippen molar-refractivity contribution in [2.24, 2.45) is 0 Å². The minimum atomic E-state index is -0.289. The molecule has 0 atom stereocenters. The molecule has 5 heteroatoms. The van der Waals surface area contributed by atoms with E-state index in [-0.39, 0.29) is 6.09 Å². The fourth-order valence-electron chi connectivity index (χ4n) is 2.01. The maximum atomic E-state index is 11.5. The molecule has 2 aromatic rings. The summed E-state index contributed by atoms with van der Waals surface area (Å²) in [4.78, 5) is 13.1. The van der Waals surface area contributed by atoms with Crippen molar-refractivity contribution in [2.45, 2.75) is 6.54 Å². The van der Waals surface area contributed by atoms with Crippen LogP contribution >= 0.6 is 0 Å². The SMILES string of the molecule is O=C1OCCN1c1cccc(NCc2ccco2)c1. The molecule has 2 heterocycles. The Morgan fingerprint density at radius 3 is 2.95 bits per heavy atom. The topological polar surface area (TPSA) is 54.7 Å². The highest BCUT2D eigenvalue weighted by atomic mass is 16.6. The predicted octanol–water partition coefficient (Wildman–Crippen LogP) is 2.85. The third kappa shape index (κ3) is 2.54. The third-order valence-electron chi connectivity index (χ3n) is 2.97. The van der Waals surface area contributed by atoms with E-state index in [1.807, 2.05) is 36.4 Å². The standard InChI is InChI=1S/C14H14N2O3/c17-14-16(6-8-19-14)12-4-1-3-11(9-12)15-10-13-5-2-7-18-13/h1-5,7,9,15H,6,8,10H2. The number of carbonyl (C=O) groups excluding carboxylic acids is 1. The Hall–Kier alpha value is -2.43. The van der Waals surface area contributed by atoms with E-state index in [1.54, 1.807) is 11.2 Å². The molecule has 19 heavy (non-hydrogen) atoms. The number of anilines is 2. The first-order valence-electron chi connectivity index (χ1n) is 6.13. The molecule has 1 aromatic heterocycles. The number of rotatable bonds is 4. The van der Waals surface area contributed by atoms with Crippen LogP contribution in [0.5, 0.6) is 0 Å². The van der Waals surface area contributed by atoms with Gasteiger partial charge in [0.1, 0.15) is 12.4 Å². The fourth-order valence-corrected chi connectivity index (χ4v) is 2.01. The lowest BCUT2D eigenvalue weighted by molar-refractivity contribution is 0.181. The number of amides is 1. The normalized spacial score (nSPS) is 14.5. The van der Waals surface area contributed by atoms with Crippen LogP contribution in [0.1, 0.15) is 5.76 Å². The summed E-state index contributed by atoms with van der Waals surface area (Å²) in [5.41, 5.74) is 1.78. The number of cyclic esters (lactones) is 1. The summed E-state index contributed by atoms with van der Waals surface area (Å²) in [6, 6.07) is 11.4. The van der Waals surface area contributed by atoms with Gasteiger partial charge in [0, 0.05) is 11.4 Å². The molecule has 1 N–H and O–H groups in total. The van der Waals surface area contributed by atoms with Crippen molar-refractivity contribution >= 4 is 17.5 Å². The zero-order valence-corrected chi connectivity index (χ0v) is 10.3. The number of ether oxygens (including phenoxy) is 1. The number of nitrogens with zero attached hydrogens (tertiary/aromatic N) is 1. The molecule has 0 saturated carbocycles. The van der Waals surface area contributed by atoms with E-state index in [0.29, 0.717) is 19.7 Å². The van der Waals surface area contributed by atoms with Crippen molar-refractivity contribution in [3.05, 3.63) is 48.4 Å². The molecule has 1 aromatic carbocycles. The fraction of sp³-hybridized carbons (Fsp3) is 0.214. The Morgan fingerprint density at radius 2 is 2.21 bits per heavy atom. The average molecular weight is 258 g/mol. The Morgan fingerprint density at radius 1 is 1.26 bits per heavy atom. The highest BCUT2D eigenvalue weighted by Gasteiger charge is 2.23. The van der Waals surface area contributed by atoms with E-state index in [2.05, 4.69) is 5.32 Å². The lowest BCUT2D eigenvalue weighted by atomic mass is 10.2. The molecule has 0 unspecified atom stereocenters. The average Bonchev–Trinajstić information content (AvgIpc) is 3.08. The van der Waals surface area contributed by atoms with Gasteiger partial charge in [0.15, 0.2) is 0 Å². The molecule has 1 fully saturated rings. The van der Waals surface area contributed by atoms with Crippen molar-refractivity contribution in [1.82, 2.24) is 0 Å². The van der Waals surface area contributed by atoms with Gasteiger partial charge in [-0.3, -0.25) is 4.90 Å². The van der Waals surface area contributed by atoms with Gasteiger partial charge in [0.05, 0.1) is 19.4 Å². The van der Waals surface area contributed by atoms with Crippen LogP contribution in [-0.4, -0.2) is 19.2 Å². The number of hydrogen-bond donors (Lipinski definition) is 1. The summed E-state index contributed by atoms with van der Waals surface area (Å²) in [5, 5.41) is 3.25. The molecule has 1 amide bonds. The first-order chi connectivity index (χ1) is 9.33. The van der Waals surface area contributed by atoms with Gasteiger partial charge >= 0.3 is 6.09 Å². The molecule has 98 valence electrons. The summed E-state index contributed by atoms with van der Waals surface area (Å²) in [6.45, 7) is 1.66. The van der Waals surface area contributed by atoms with E-state index in [4.69, 9.17) is 9.15 Å². The molecule has 0 bridgehead atoms. The van der Waals surface area contributed by atoms with E-state index >= 15 is 0 Å². The largest absolute Gasteiger partial charge is 0.467 e. The monoisotopic (exact) mass is 258 g/mol. The molecule has 0 radical (unpaired) electrons. The van der Waals surface area contributed by atoms with Gasteiger partial charge in [-0.2, -0.15) is 0 Å². The number of nitrogens with one attached hydrogen (secondary N) is 1. The van der Waals surface area contributed by atoms with Crippen LogP contribution in [0.2, 0.25) is 0 Å². The Kier molecular flexibility index (Phi) is 3.10. The molecule has 1 aliphatic rings. The second-order valence-electron chi connectivity index (χ2n) is 4.25. The highest BCUT2D eigenvalue weighted by Crippen LogP contribution is 2.22. The lowest BCUT2D eigenvalue weighted by Crippen LogP contribution is -2.23. The summed E-state index contributed by atoms with van der Waals surface area (Å²) >= 11 is 0. The Labute approximate surface area is 110 Å². The van der Waals surface area contributed by atoms with Crippen LogP contribution in [0.15, 0.2) is 47.1 Å². The maximum absolute atomic E-state index is 11.5. The second-order valence-corrected chi connectivity index (χ2v) is 4.25. The lowest BCUT2D eigenvalue weighted by Gasteiger charge is -2.14. The minimum absolute atomic E-state index is 0.289. The van der Waals surface area contributed by atoms with Crippen LogP contribution in [0.25, 0.3) is 0 Å². The maximum Gasteiger partial charge on any atom is 0.414 e. The molecule has 1 aliphatic heterocycles. The van der Waals surface area contributed by atoms with Gasteiger partial charge < -0.3 is 14.5 Å². The zero-order chi connectivity index (χ0) is 13.1. The van der Waals surface area contributed by atoms with Gasteiger partial charge in [-0.1, -0.05) is 6.07 Å². The summed E-state index contributed by atoms with van der Waals surface area (Å²) < 4.78 is 10.2. The van der Waals surface area contributed by atoms with E-state index in [0.717, 1.165) is 17.1 Å². The van der Waals surface area contributed by atoms with Crippen molar-refractivity contribution in [2.75, 3.05) is 23.4 Å². The molecular formula is C14H14N2O3. The molecule has 3 rings (SSSR count). The molecule has 0 aliphatic carbocycles. The van der Waals surface area contributed by atoms with Gasteiger partial charge in [-0.05, 0) is 30.3 Å². The van der Waals surface area contributed by atoms with Gasteiger partial charge in [0.25, 0.3) is 0 Å². The number of hydrogen-bond acceptors (Lipinski definition) is 4. The first kappa shape index (κ1) is 11.6. The van der Waals surface area contributed by atoms with Crippen LogP contribution < -0.4 is 10.2 Å². The van der Waals surface area contributed by atoms with Gasteiger partial charge in [-0.15, -0.1) is 0 Å². The Bertz CT molecular complexity index is 566. The third-order valence-corrected chi connectivity index (χ3v) is 2.97. The van der Waals surface area contributed by atoms with Gasteiger partial charge in [0.2, 0.25) is 0 Å². The van der Waals surface area contributed by atoms with E-state index in [1.165, 1.54) is 0 Å². The van der Waals surface area contributed by atoms with Gasteiger partial charge in [-0.25, -0.2) is 4.79 Å². The number of furan rings is 1. The van der Waals surface area contributed by atoms with Crippen molar-refractivity contribution in [3.63, 3.8) is 0 Å². The van der Waals surface area contributed by atoms with Crippen LogP contribution in [0.3, 0.4) is 0 Å². The summed E-state index contributed by atoms with van der Waals surface area (Å²) in [5.74, 6) is 0.867. The van der Waals surface area contributed by atoms with E-state index < -0.39 is 0 Å². The summed E-state index contributed by atoms with van der Waals surface area (Å²) in [7, 11) is 0. The van der Waals surface area contributed by atoms with Crippen LogP contribution in [0.4, 0.5) is 16.2 Å². The van der Waals surface area contributed by atoms with Crippen LogP contribution in [-0.2, 0) is 11.3 Å². The number of benzene rings is 1. The smallest absolute Gasteiger partial charge is 0.414 e. The van der Waals surface area contributed by atoms with Crippen molar-refractivity contribution in [3.8, 4) is 0 Å². The molecular weight excluding hydrogens is 244 g/mol. The number of carbonyl (C=O) groups is 1. The van der Waals surface area contributed by atoms with Crippen LogP contribution in [0, 0.1) is 0 Å².